The van der Waals surface area contributed by atoms with Crippen LogP contribution in [-0.4, -0.2) is 37.1 Å². The summed E-state index contributed by atoms with van der Waals surface area (Å²) in [5, 5.41) is 3.87. The predicted octanol–water partition coefficient (Wildman–Crippen LogP) is 2.72. The summed E-state index contributed by atoms with van der Waals surface area (Å²) in [7, 11) is -4.02. The lowest BCUT2D eigenvalue weighted by molar-refractivity contribution is 0.217. The fourth-order valence-corrected chi connectivity index (χ4v) is 2.50. The van der Waals surface area contributed by atoms with Gasteiger partial charge in [-0.2, -0.15) is 8.42 Å². The fourth-order valence-electron chi connectivity index (χ4n) is 1.86. The first kappa shape index (κ1) is 18.7. The highest BCUT2D eigenvalue weighted by atomic mass is 35.5. The highest BCUT2D eigenvalue weighted by Crippen LogP contribution is 2.22. The van der Waals surface area contributed by atoms with Crippen LogP contribution in [0.15, 0.2) is 47.6 Å². The molecule has 8 heteroatoms. The Morgan fingerprint density at radius 3 is 2.50 bits per heavy atom. The third kappa shape index (κ3) is 5.76. The zero-order chi connectivity index (χ0) is 17.6. The van der Waals surface area contributed by atoms with E-state index in [-0.39, 0.29) is 4.90 Å². The minimum absolute atomic E-state index is 0.0666. The van der Waals surface area contributed by atoms with Crippen LogP contribution in [0.4, 0.5) is 0 Å². The molecule has 0 radical (unpaired) electrons. The minimum Gasteiger partial charge on any atom is -0.489 e. The molecule has 0 amide bonds. The van der Waals surface area contributed by atoms with E-state index in [0.717, 1.165) is 12.1 Å². The van der Waals surface area contributed by atoms with Gasteiger partial charge >= 0.3 is 0 Å². The van der Waals surface area contributed by atoms with Gasteiger partial charge in [-0.05, 0) is 38.1 Å². The Hall–Kier alpha value is -1.67. The first-order valence-corrected chi connectivity index (χ1v) is 9.18. The van der Waals surface area contributed by atoms with E-state index in [1.54, 1.807) is 30.6 Å². The molecule has 1 aromatic heterocycles. The third-order valence-electron chi connectivity index (χ3n) is 3.42. The van der Waals surface area contributed by atoms with Crippen LogP contribution in [-0.2, 0) is 10.1 Å². The molecule has 0 bridgehead atoms. The summed E-state index contributed by atoms with van der Waals surface area (Å²) in [5.74, 6) is 0.665. The molecule has 1 atom stereocenters. The van der Waals surface area contributed by atoms with Gasteiger partial charge in [0.25, 0.3) is 10.1 Å². The van der Waals surface area contributed by atoms with Crippen LogP contribution in [0.25, 0.3) is 0 Å². The van der Waals surface area contributed by atoms with Crippen molar-refractivity contribution in [2.24, 2.45) is 0 Å². The lowest BCUT2D eigenvalue weighted by atomic mass is 10.1. The van der Waals surface area contributed by atoms with E-state index in [4.69, 9.17) is 20.9 Å². The molecule has 2 aromatic rings. The molecule has 2 N–H and O–H groups in total. The second-order valence-electron chi connectivity index (χ2n) is 5.34. The van der Waals surface area contributed by atoms with Crippen LogP contribution in [0.3, 0.4) is 0 Å². The topological polar surface area (TPSA) is 88.5 Å². The Morgan fingerprint density at radius 1 is 1.33 bits per heavy atom. The second kappa shape index (κ2) is 8.43. The summed E-state index contributed by atoms with van der Waals surface area (Å²) in [6, 6.07) is 8.20. The summed E-state index contributed by atoms with van der Waals surface area (Å²) in [5.41, 5.74) is 0.956. The average Bonchev–Trinajstić information content (AvgIpc) is 2.48. The van der Waals surface area contributed by atoms with Crippen LogP contribution < -0.4 is 10.1 Å². The van der Waals surface area contributed by atoms with E-state index in [0.29, 0.717) is 23.4 Å². The maximum absolute atomic E-state index is 10.5. The van der Waals surface area contributed by atoms with Gasteiger partial charge in [-0.3, -0.25) is 9.54 Å². The second-order valence-corrected chi connectivity index (χ2v) is 7.17. The molecule has 1 aliphatic heterocycles. The van der Waals surface area contributed by atoms with Crippen molar-refractivity contribution in [1.29, 1.82) is 0 Å². The number of pyridine rings is 1. The molecule has 0 saturated carbocycles. The number of nitrogens with one attached hydrogen (secondary N) is 1. The van der Waals surface area contributed by atoms with Crippen molar-refractivity contribution in [2.75, 3.05) is 13.2 Å². The lowest BCUT2D eigenvalue weighted by Gasteiger charge is -2.27. The maximum atomic E-state index is 10.5. The molecule has 1 fully saturated rings. The predicted molar refractivity (Wildman–Crippen MR) is 92.1 cm³/mol. The molecule has 6 nitrogen and oxygen atoms in total. The Kier molecular flexibility index (Phi) is 6.56. The monoisotopic (exact) mass is 370 g/mol. The lowest BCUT2D eigenvalue weighted by Crippen LogP contribution is -2.46. The highest BCUT2D eigenvalue weighted by Gasteiger charge is 2.17. The summed E-state index contributed by atoms with van der Waals surface area (Å²) in [6.07, 6.45) is 4.47. The van der Waals surface area contributed by atoms with Gasteiger partial charge in [0, 0.05) is 12.2 Å². The van der Waals surface area contributed by atoms with E-state index >= 15 is 0 Å². The molecule has 1 aromatic carbocycles. The summed E-state index contributed by atoms with van der Waals surface area (Å²) >= 11 is 5.88. The molecule has 0 unspecified atom stereocenters. The van der Waals surface area contributed by atoms with Gasteiger partial charge in [-0.1, -0.05) is 29.3 Å². The van der Waals surface area contributed by atoms with E-state index in [2.05, 4.69) is 10.3 Å². The van der Waals surface area contributed by atoms with Gasteiger partial charge < -0.3 is 10.1 Å². The number of hydrogen-bond acceptors (Lipinski definition) is 5. The fraction of sp³-hybridized carbons (Fsp3) is 0.312. The molecular formula is C16H19ClN2O4S. The van der Waals surface area contributed by atoms with Gasteiger partial charge in [0.1, 0.15) is 6.61 Å². The first-order chi connectivity index (χ1) is 11.4. The number of benzene rings is 1. The first-order valence-electron chi connectivity index (χ1n) is 7.36. The van der Waals surface area contributed by atoms with Crippen molar-refractivity contribution in [1.82, 2.24) is 10.3 Å². The van der Waals surface area contributed by atoms with Crippen molar-refractivity contribution >= 4 is 21.7 Å². The molecule has 24 heavy (non-hydrogen) atoms. The largest absolute Gasteiger partial charge is 0.489 e. The van der Waals surface area contributed by atoms with Crippen LogP contribution in [0, 0.1) is 6.92 Å². The van der Waals surface area contributed by atoms with Crippen molar-refractivity contribution in [3.8, 4) is 5.75 Å². The molecular weight excluding hydrogens is 352 g/mol. The zero-order valence-corrected chi connectivity index (χ0v) is 14.7. The van der Waals surface area contributed by atoms with E-state index in [1.807, 2.05) is 6.92 Å². The van der Waals surface area contributed by atoms with Gasteiger partial charge in [0.2, 0.25) is 0 Å². The SMILES string of the molecule is Cc1ccc(S(=O)(=O)O)cc1.Clc1ccncc1OC[C@H]1CCN1. The van der Waals surface area contributed by atoms with Crippen molar-refractivity contribution in [3.63, 3.8) is 0 Å². The Morgan fingerprint density at radius 2 is 2.00 bits per heavy atom. The molecule has 0 spiro atoms. The Balaban J connectivity index is 0.000000177. The van der Waals surface area contributed by atoms with Gasteiger partial charge in [0.05, 0.1) is 16.1 Å². The molecule has 0 aliphatic carbocycles. The van der Waals surface area contributed by atoms with Gasteiger partial charge in [-0.25, -0.2) is 0 Å². The third-order valence-corrected chi connectivity index (χ3v) is 4.60. The number of hydrogen-bond donors (Lipinski definition) is 2. The molecule has 1 aliphatic rings. The zero-order valence-electron chi connectivity index (χ0n) is 13.1. The van der Waals surface area contributed by atoms with Crippen molar-refractivity contribution in [2.45, 2.75) is 24.3 Å². The van der Waals surface area contributed by atoms with E-state index in [9.17, 15) is 8.42 Å². The van der Waals surface area contributed by atoms with Crippen LogP contribution in [0.2, 0.25) is 5.02 Å². The van der Waals surface area contributed by atoms with Crippen molar-refractivity contribution < 1.29 is 17.7 Å². The summed E-state index contributed by atoms with van der Waals surface area (Å²) in [6.45, 7) is 3.61. The smallest absolute Gasteiger partial charge is 0.294 e. The van der Waals surface area contributed by atoms with Crippen LogP contribution in [0.5, 0.6) is 5.75 Å². The van der Waals surface area contributed by atoms with Crippen LogP contribution in [0.1, 0.15) is 12.0 Å². The van der Waals surface area contributed by atoms with E-state index < -0.39 is 10.1 Å². The van der Waals surface area contributed by atoms with E-state index in [1.165, 1.54) is 18.6 Å². The number of ether oxygens (including phenoxy) is 1. The Bertz CT molecular complexity index is 762. The number of rotatable bonds is 4. The normalized spacial score (nSPS) is 16.5. The highest BCUT2D eigenvalue weighted by molar-refractivity contribution is 7.85. The maximum Gasteiger partial charge on any atom is 0.294 e. The van der Waals surface area contributed by atoms with Gasteiger partial charge in [-0.15, -0.1) is 0 Å². The number of halogens is 1. The minimum atomic E-state index is -4.02. The molecule has 2 heterocycles. The molecule has 1 saturated heterocycles. The van der Waals surface area contributed by atoms with Crippen molar-refractivity contribution in [3.05, 3.63) is 53.3 Å². The Labute approximate surface area is 146 Å². The number of nitrogens with zero attached hydrogens (tertiary/aromatic N) is 1. The number of aromatic nitrogens is 1. The van der Waals surface area contributed by atoms with Crippen LogP contribution >= 0.6 is 11.6 Å². The average molecular weight is 371 g/mol. The summed E-state index contributed by atoms with van der Waals surface area (Å²) in [4.78, 5) is 3.87. The standard InChI is InChI=1S/C9H11ClN2O.C7H8O3S/c10-8-2-3-11-5-9(8)13-6-7-1-4-12-7;1-6-2-4-7(5-3-6)11(8,9)10/h2-3,5,7,12H,1,4,6H2;2-5H,1H3,(H,8,9,10)/t7-;/m1./s1. The molecule has 130 valence electrons. The molecule has 3 rings (SSSR count). The quantitative estimate of drug-likeness (QED) is 0.804. The number of aryl methyl sites for hydroxylation is 1. The summed E-state index contributed by atoms with van der Waals surface area (Å²) < 4.78 is 35.0. The van der Waals surface area contributed by atoms with Gasteiger partial charge in [0.15, 0.2) is 5.75 Å².